The van der Waals surface area contributed by atoms with Gasteiger partial charge in [-0.2, -0.15) is 0 Å². The van der Waals surface area contributed by atoms with Crippen LogP contribution in [-0.2, 0) is 7.05 Å². The smallest absolute Gasteiger partial charge is 0.210 e. The van der Waals surface area contributed by atoms with E-state index in [9.17, 15) is 4.79 Å². The summed E-state index contributed by atoms with van der Waals surface area (Å²) in [4.78, 5) is 11.1. The molecule has 1 atom stereocenters. The van der Waals surface area contributed by atoms with Crippen molar-refractivity contribution in [1.82, 2.24) is 15.0 Å². The Bertz CT molecular complexity index is 267. The number of hydrogen-bond donors (Lipinski definition) is 1. The van der Waals surface area contributed by atoms with Crippen LogP contribution in [0.4, 0.5) is 0 Å². The van der Waals surface area contributed by atoms with Gasteiger partial charge in [0.25, 0.3) is 0 Å². The van der Waals surface area contributed by atoms with Crippen LogP contribution < -0.4 is 0 Å². The van der Waals surface area contributed by atoms with Gasteiger partial charge < -0.3 is 5.11 Å². The summed E-state index contributed by atoms with van der Waals surface area (Å²) in [6.07, 6.45) is 0.335. The van der Waals surface area contributed by atoms with Gasteiger partial charge in [-0.1, -0.05) is 5.21 Å². The van der Waals surface area contributed by atoms with Crippen LogP contribution in [0.25, 0.3) is 0 Å². The van der Waals surface area contributed by atoms with E-state index in [4.69, 9.17) is 5.11 Å². The Morgan fingerprint density at radius 2 is 2.45 bits per heavy atom. The lowest BCUT2D eigenvalue weighted by molar-refractivity contribution is 0.0769. The number of aliphatic hydroxyl groups is 1. The summed E-state index contributed by atoms with van der Waals surface area (Å²) >= 11 is 0. The third kappa shape index (κ3) is 1.43. The maximum absolute atomic E-state index is 11.1. The molecule has 1 rings (SSSR count). The predicted molar refractivity (Wildman–Crippen MR) is 37.0 cm³/mol. The molecular weight excluding hydrogens is 146 g/mol. The Morgan fingerprint density at radius 3 is 2.82 bits per heavy atom. The molecule has 0 radical (unpaired) electrons. The lowest BCUT2D eigenvalue weighted by atomic mass is 10.2. The van der Waals surface area contributed by atoms with Gasteiger partial charge in [0.1, 0.15) is 11.8 Å². The average molecular weight is 155 g/mol. The van der Waals surface area contributed by atoms with Crippen molar-refractivity contribution in [3.8, 4) is 0 Å². The van der Waals surface area contributed by atoms with Gasteiger partial charge in [0.2, 0.25) is 5.78 Å². The number of carbonyl (C=O) groups is 1. The van der Waals surface area contributed by atoms with Crippen molar-refractivity contribution >= 4 is 5.78 Å². The molecule has 0 aliphatic heterocycles. The summed E-state index contributed by atoms with van der Waals surface area (Å²) in [5.74, 6) is -0.363. The second kappa shape index (κ2) is 2.79. The Balaban J connectivity index is 2.93. The summed E-state index contributed by atoms with van der Waals surface area (Å²) in [5, 5.41) is 16.0. The minimum atomic E-state index is -0.993. The zero-order chi connectivity index (χ0) is 8.43. The van der Waals surface area contributed by atoms with Crippen molar-refractivity contribution in [3.63, 3.8) is 0 Å². The maximum Gasteiger partial charge on any atom is 0.210 e. The molecule has 11 heavy (non-hydrogen) atoms. The summed E-state index contributed by atoms with van der Waals surface area (Å²) < 4.78 is 1.33. The van der Waals surface area contributed by atoms with Crippen LogP contribution in [0.3, 0.4) is 0 Å². The van der Waals surface area contributed by atoms with Gasteiger partial charge in [-0.3, -0.25) is 4.79 Å². The van der Waals surface area contributed by atoms with Crippen molar-refractivity contribution in [1.29, 1.82) is 0 Å². The molecule has 0 bridgehead atoms. The fourth-order valence-corrected chi connectivity index (χ4v) is 0.727. The number of aromatic nitrogens is 3. The first-order valence-corrected chi connectivity index (χ1v) is 3.20. The Morgan fingerprint density at radius 1 is 1.82 bits per heavy atom. The summed E-state index contributed by atoms with van der Waals surface area (Å²) in [6, 6.07) is 0. The molecule has 0 aromatic carbocycles. The highest BCUT2D eigenvalue weighted by atomic mass is 16.3. The highest BCUT2D eigenvalue weighted by Crippen LogP contribution is 1.98. The van der Waals surface area contributed by atoms with Crippen LogP contribution in [0.1, 0.15) is 17.4 Å². The van der Waals surface area contributed by atoms with Gasteiger partial charge in [-0.15, -0.1) is 5.10 Å². The SMILES string of the molecule is CC(O)C(=O)c1cnnn1C. The second-order valence-electron chi connectivity index (χ2n) is 2.28. The number of rotatable bonds is 2. The molecule has 0 saturated heterocycles. The van der Waals surface area contributed by atoms with Crippen LogP contribution in [0.15, 0.2) is 6.20 Å². The number of Topliss-reactive ketones (excluding diaryl/α,β-unsaturated/α-hetero) is 1. The van der Waals surface area contributed by atoms with Gasteiger partial charge in [-0.05, 0) is 6.92 Å². The van der Waals surface area contributed by atoms with Crippen LogP contribution in [0.2, 0.25) is 0 Å². The summed E-state index contributed by atoms with van der Waals surface area (Å²) in [5.41, 5.74) is 0.319. The molecule has 1 N–H and O–H groups in total. The van der Waals surface area contributed by atoms with Gasteiger partial charge in [-0.25, -0.2) is 4.68 Å². The molecule has 1 aromatic rings. The minimum absolute atomic E-state index is 0.319. The monoisotopic (exact) mass is 155 g/mol. The largest absolute Gasteiger partial charge is 0.385 e. The van der Waals surface area contributed by atoms with E-state index in [1.165, 1.54) is 17.8 Å². The molecule has 0 saturated carbocycles. The van der Waals surface area contributed by atoms with E-state index in [1.807, 2.05) is 0 Å². The van der Waals surface area contributed by atoms with Crippen molar-refractivity contribution in [2.45, 2.75) is 13.0 Å². The Hall–Kier alpha value is -1.23. The van der Waals surface area contributed by atoms with Crippen molar-refractivity contribution in [3.05, 3.63) is 11.9 Å². The van der Waals surface area contributed by atoms with Crippen LogP contribution in [-0.4, -0.2) is 32.0 Å². The number of aryl methyl sites for hydroxylation is 1. The van der Waals surface area contributed by atoms with E-state index in [0.29, 0.717) is 5.69 Å². The molecule has 1 heterocycles. The highest BCUT2D eigenvalue weighted by Gasteiger charge is 2.15. The molecule has 1 aromatic heterocycles. The minimum Gasteiger partial charge on any atom is -0.385 e. The number of nitrogens with zero attached hydrogens (tertiary/aromatic N) is 3. The van der Waals surface area contributed by atoms with Crippen molar-refractivity contribution < 1.29 is 9.90 Å². The topological polar surface area (TPSA) is 68.0 Å². The van der Waals surface area contributed by atoms with Crippen molar-refractivity contribution in [2.75, 3.05) is 0 Å². The summed E-state index contributed by atoms with van der Waals surface area (Å²) in [6.45, 7) is 1.41. The number of aliphatic hydroxyl groups excluding tert-OH is 1. The quantitative estimate of drug-likeness (QED) is 0.578. The fourth-order valence-electron chi connectivity index (χ4n) is 0.727. The number of carbonyl (C=O) groups excluding carboxylic acids is 1. The molecule has 5 nitrogen and oxygen atoms in total. The zero-order valence-electron chi connectivity index (χ0n) is 6.35. The lowest BCUT2D eigenvalue weighted by Crippen LogP contribution is -2.19. The predicted octanol–water partition coefficient (Wildman–Crippen LogP) is -0.621. The standard InChI is InChI=1S/C6H9N3O2/c1-4(10)6(11)5-3-7-8-9(5)2/h3-4,10H,1-2H3. The van der Waals surface area contributed by atoms with E-state index >= 15 is 0 Å². The second-order valence-corrected chi connectivity index (χ2v) is 2.28. The van der Waals surface area contributed by atoms with Gasteiger partial charge in [0.15, 0.2) is 0 Å². The fraction of sp³-hybridized carbons (Fsp3) is 0.500. The summed E-state index contributed by atoms with van der Waals surface area (Å²) in [7, 11) is 1.60. The third-order valence-corrected chi connectivity index (χ3v) is 1.35. The first-order chi connectivity index (χ1) is 5.13. The lowest BCUT2D eigenvalue weighted by Gasteiger charge is -2.00. The van der Waals surface area contributed by atoms with Crippen LogP contribution in [0, 0.1) is 0 Å². The first kappa shape index (κ1) is 7.87. The van der Waals surface area contributed by atoms with E-state index < -0.39 is 6.10 Å². The molecule has 0 amide bonds. The van der Waals surface area contributed by atoms with Crippen molar-refractivity contribution in [2.24, 2.45) is 7.05 Å². The molecule has 0 aliphatic carbocycles. The van der Waals surface area contributed by atoms with Crippen LogP contribution >= 0.6 is 0 Å². The molecular formula is C6H9N3O2. The number of ketones is 1. The zero-order valence-corrected chi connectivity index (χ0v) is 6.35. The van der Waals surface area contributed by atoms with E-state index in [2.05, 4.69) is 10.3 Å². The van der Waals surface area contributed by atoms with E-state index in [1.54, 1.807) is 7.05 Å². The van der Waals surface area contributed by atoms with Crippen LogP contribution in [0.5, 0.6) is 0 Å². The van der Waals surface area contributed by atoms with E-state index in [-0.39, 0.29) is 5.78 Å². The molecule has 5 heteroatoms. The van der Waals surface area contributed by atoms with Gasteiger partial charge in [0, 0.05) is 7.05 Å². The molecule has 1 unspecified atom stereocenters. The van der Waals surface area contributed by atoms with Gasteiger partial charge >= 0.3 is 0 Å². The maximum atomic E-state index is 11.1. The highest BCUT2D eigenvalue weighted by molar-refractivity contribution is 5.97. The third-order valence-electron chi connectivity index (χ3n) is 1.35. The Kier molecular flexibility index (Phi) is 2.00. The normalized spacial score (nSPS) is 13.0. The Labute approximate surface area is 63.6 Å². The molecule has 0 fully saturated rings. The molecule has 0 spiro atoms. The first-order valence-electron chi connectivity index (χ1n) is 3.20. The number of hydrogen-bond acceptors (Lipinski definition) is 4. The average Bonchev–Trinajstić information content (AvgIpc) is 2.33. The van der Waals surface area contributed by atoms with Gasteiger partial charge in [0.05, 0.1) is 6.20 Å². The molecule has 60 valence electrons. The molecule has 0 aliphatic rings. The van der Waals surface area contributed by atoms with E-state index in [0.717, 1.165) is 0 Å².